The van der Waals surface area contributed by atoms with E-state index in [1.165, 1.54) is 77.0 Å². The lowest BCUT2D eigenvalue weighted by Gasteiger charge is -2.17. The van der Waals surface area contributed by atoms with Gasteiger partial charge in [0.25, 0.3) is 0 Å². The average Bonchev–Trinajstić information content (AvgIpc) is 3.24. The molecule has 0 radical (unpaired) electrons. The van der Waals surface area contributed by atoms with Crippen molar-refractivity contribution in [3.05, 3.63) is 0 Å². The number of unbranched alkanes of at least 4 members (excludes halogenated alkanes) is 18. The summed E-state index contributed by atoms with van der Waals surface area (Å²) in [5.74, 6) is -1.38. The topological polar surface area (TPSA) is 158 Å². The van der Waals surface area contributed by atoms with Crippen LogP contribution >= 0.6 is 0 Å². The molecule has 0 aliphatic rings. The second-order valence-corrected chi connectivity index (χ2v) is 16.9. The Kier molecular flexibility index (Phi) is 41.1. The molecule has 0 aliphatic carbocycles. The lowest BCUT2D eigenvalue weighted by atomic mass is 9.94. The SMILES string of the molecule is CCCCCCCC(CCCCCCC)C(=O)OCCCCC(=O)C[C@H](COC(=O)CCCCOC(=O)C(CCCCCCC)CCCCCCC)COC(=O)OCCN. The third kappa shape index (κ3) is 36.0. The van der Waals surface area contributed by atoms with E-state index < -0.39 is 18.0 Å². The minimum Gasteiger partial charge on any atom is -0.465 e. The number of esters is 3. The number of rotatable bonds is 44. The average molecular weight is 854 g/mol. The molecule has 1 atom stereocenters. The maximum Gasteiger partial charge on any atom is 0.508 e. The zero-order valence-electron chi connectivity index (χ0n) is 39.1. The summed E-state index contributed by atoms with van der Waals surface area (Å²) in [7, 11) is 0. The standard InChI is InChI=1S/C49H91NO10/c1-5-9-13-17-21-29-43(30-22-18-14-10-6-2)47(53)56-36-27-25-33-45(51)39-42(41-60-49(55)58-38-35-50)40-59-46(52)34-26-28-37-57-48(54)44(31-23-19-15-11-7-3)32-24-20-16-12-8-4/h42-44H,5-41,50H2,1-4H3/t42-/m1/s1. The predicted octanol–water partition coefficient (Wildman–Crippen LogP) is 12.3. The zero-order valence-corrected chi connectivity index (χ0v) is 39.1. The molecule has 0 aromatic heterocycles. The predicted molar refractivity (Wildman–Crippen MR) is 241 cm³/mol. The van der Waals surface area contributed by atoms with Crippen LogP contribution in [-0.4, -0.2) is 69.4 Å². The lowest BCUT2D eigenvalue weighted by molar-refractivity contribution is -0.150. The summed E-state index contributed by atoms with van der Waals surface area (Å²) < 4.78 is 27.0. The maximum atomic E-state index is 13.0. The molecule has 0 rings (SSSR count). The van der Waals surface area contributed by atoms with E-state index in [2.05, 4.69) is 27.7 Å². The third-order valence-corrected chi connectivity index (χ3v) is 11.2. The first-order chi connectivity index (χ1) is 29.2. The van der Waals surface area contributed by atoms with Gasteiger partial charge in [-0.1, -0.05) is 156 Å². The van der Waals surface area contributed by atoms with Gasteiger partial charge >= 0.3 is 24.1 Å². The molecule has 0 unspecified atom stereocenters. The summed E-state index contributed by atoms with van der Waals surface area (Å²) in [6, 6.07) is 0. The Hall–Kier alpha value is -2.69. The number of carbonyl (C=O) groups excluding carboxylic acids is 5. The lowest BCUT2D eigenvalue weighted by Crippen LogP contribution is -2.24. The Morgan fingerprint density at radius 3 is 1.23 bits per heavy atom. The number of hydrogen-bond donors (Lipinski definition) is 1. The molecule has 0 aromatic rings. The van der Waals surface area contributed by atoms with Gasteiger partial charge in [0.1, 0.15) is 19.0 Å². The highest BCUT2D eigenvalue weighted by Gasteiger charge is 2.22. The summed E-state index contributed by atoms with van der Waals surface area (Å²) >= 11 is 0. The Balaban J connectivity index is 4.81. The number of Topliss-reactive ketones (excluding diaryl/α,β-unsaturated/α-hetero) is 1. The van der Waals surface area contributed by atoms with Crippen LogP contribution in [0.4, 0.5) is 4.79 Å². The third-order valence-electron chi connectivity index (χ3n) is 11.2. The molecule has 11 nitrogen and oxygen atoms in total. The summed E-state index contributed by atoms with van der Waals surface area (Å²) in [5, 5.41) is 0. The van der Waals surface area contributed by atoms with Crippen molar-refractivity contribution < 1.29 is 47.7 Å². The van der Waals surface area contributed by atoms with Crippen molar-refractivity contribution in [1.29, 1.82) is 0 Å². The van der Waals surface area contributed by atoms with Crippen LogP contribution in [0.5, 0.6) is 0 Å². The van der Waals surface area contributed by atoms with Crippen molar-refractivity contribution >= 4 is 29.8 Å². The molecule has 0 amide bonds. The van der Waals surface area contributed by atoms with Crippen LogP contribution in [0, 0.1) is 17.8 Å². The van der Waals surface area contributed by atoms with Gasteiger partial charge in [-0.3, -0.25) is 19.2 Å². The van der Waals surface area contributed by atoms with Crippen LogP contribution < -0.4 is 5.73 Å². The van der Waals surface area contributed by atoms with Crippen molar-refractivity contribution in [3.8, 4) is 0 Å². The van der Waals surface area contributed by atoms with E-state index in [-0.39, 0.29) is 88.4 Å². The van der Waals surface area contributed by atoms with Crippen molar-refractivity contribution in [2.24, 2.45) is 23.5 Å². The molecule has 0 aliphatic heterocycles. The summed E-state index contributed by atoms with van der Waals surface area (Å²) in [4.78, 5) is 63.6. The van der Waals surface area contributed by atoms with E-state index in [0.29, 0.717) is 25.7 Å². The molecule has 352 valence electrons. The first kappa shape index (κ1) is 57.3. The minimum atomic E-state index is -0.893. The van der Waals surface area contributed by atoms with Crippen LogP contribution in [0.3, 0.4) is 0 Å². The molecule has 0 fully saturated rings. The molecule has 60 heavy (non-hydrogen) atoms. The summed E-state index contributed by atoms with van der Waals surface area (Å²) in [6.07, 6.45) is 28.5. The second-order valence-electron chi connectivity index (χ2n) is 16.9. The molecule has 11 heteroatoms. The van der Waals surface area contributed by atoms with E-state index in [4.69, 9.17) is 29.4 Å². The van der Waals surface area contributed by atoms with Crippen LogP contribution in [0.2, 0.25) is 0 Å². The highest BCUT2D eigenvalue weighted by atomic mass is 16.7. The first-order valence-corrected chi connectivity index (χ1v) is 24.7. The van der Waals surface area contributed by atoms with Crippen molar-refractivity contribution in [1.82, 2.24) is 0 Å². The molecule has 0 saturated carbocycles. The Morgan fingerprint density at radius 2 is 0.817 bits per heavy atom. The Bertz CT molecular complexity index is 1030. The van der Waals surface area contributed by atoms with Crippen molar-refractivity contribution in [2.75, 3.05) is 39.6 Å². The highest BCUT2D eigenvalue weighted by Crippen LogP contribution is 2.22. The van der Waals surface area contributed by atoms with Gasteiger partial charge in [0.15, 0.2) is 0 Å². The quantitative estimate of drug-likeness (QED) is 0.0353. The fourth-order valence-electron chi connectivity index (χ4n) is 7.36. The van der Waals surface area contributed by atoms with Gasteiger partial charge in [0.05, 0.1) is 31.7 Å². The minimum absolute atomic E-state index is 0.00865. The second kappa shape index (κ2) is 43.0. The normalized spacial score (nSPS) is 11.8. The molecule has 0 aromatic carbocycles. The van der Waals surface area contributed by atoms with Gasteiger partial charge in [-0.05, 0) is 51.4 Å². The molecule has 0 heterocycles. The van der Waals surface area contributed by atoms with Gasteiger partial charge < -0.3 is 29.4 Å². The number of nitrogens with two attached hydrogens (primary N) is 1. The fraction of sp³-hybridized carbons (Fsp3) is 0.898. The number of carbonyl (C=O) groups is 5. The van der Waals surface area contributed by atoms with Gasteiger partial charge in [-0.15, -0.1) is 0 Å². The molecule has 0 bridgehead atoms. The summed E-state index contributed by atoms with van der Waals surface area (Å²) in [5.41, 5.74) is 5.41. The number of hydrogen-bond acceptors (Lipinski definition) is 11. The Morgan fingerprint density at radius 1 is 0.417 bits per heavy atom. The fourth-order valence-corrected chi connectivity index (χ4v) is 7.36. The van der Waals surface area contributed by atoms with Gasteiger partial charge in [-0.2, -0.15) is 0 Å². The van der Waals surface area contributed by atoms with E-state index in [1.54, 1.807) is 0 Å². The van der Waals surface area contributed by atoms with Gasteiger partial charge in [0.2, 0.25) is 0 Å². The van der Waals surface area contributed by atoms with Crippen molar-refractivity contribution in [3.63, 3.8) is 0 Å². The molecular formula is C49H91NO10. The van der Waals surface area contributed by atoms with E-state index in [1.807, 2.05) is 0 Å². The van der Waals surface area contributed by atoms with Crippen molar-refractivity contribution in [2.45, 2.75) is 227 Å². The van der Waals surface area contributed by atoms with Gasteiger partial charge in [0, 0.05) is 31.7 Å². The number of ketones is 1. The smallest absolute Gasteiger partial charge is 0.465 e. The van der Waals surface area contributed by atoms with E-state index in [0.717, 1.165) is 77.0 Å². The van der Waals surface area contributed by atoms with Crippen LogP contribution in [-0.2, 0) is 42.9 Å². The van der Waals surface area contributed by atoms with Crippen LogP contribution in [0.15, 0.2) is 0 Å². The molecular weight excluding hydrogens is 763 g/mol. The van der Waals surface area contributed by atoms with Crippen LogP contribution in [0.1, 0.15) is 227 Å². The summed E-state index contributed by atoms with van der Waals surface area (Å²) in [6.45, 7) is 9.28. The molecule has 0 spiro atoms. The Labute approximate surface area is 366 Å². The number of ether oxygens (including phenoxy) is 5. The largest absolute Gasteiger partial charge is 0.508 e. The van der Waals surface area contributed by atoms with Crippen LogP contribution in [0.25, 0.3) is 0 Å². The highest BCUT2D eigenvalue weighted by molar-refractivity contribution is 5.78. The monoisotopic (exact) mass is 854 g/mol. The maximum absolute atomic E-state index is 13.0. The molecule has 0 saturated heterocycles. The van der Waals surface area contributed by atoms with E-state index in [9.17, 15) is 24.0 Å². The molecule has 2 N–H and O–H groups in total. The van der Waals surface area contributed by atoms with E-state index >= 15 is 0 Å². The van der Waals surface area contributed by atoms with Gasteiger partial charge in [-0.25, -0.2) is 4.79 Å². The first-order valence-electron chi connectivity index (χ1n) is 24.7. The zero-order chi connectivity index (χ0) is 44.3.